The molecule has 1 rings (SSSR count). The molecule has 80 valence electrons. The van der Waals surface area contributed by atoms with Gasteiger partial charge in [-0.1, -0.05) is 6.07 Å². The molecule has 0 saturated heterocycles. The highest BCUT2D eigenvalue weighted by Crippen LogP contribution is 2.18. The van der Waals surface area contributed by atoms with Crippen LogP contribution in [0.5, 0.6) is 0 Å². The van der Waals surface area contributed by atoms with E-state index in [4.69, 9.17) is 16.7 Å². The number of alkyl halides is 1. The highest BCUT2D eigenvalue weighted by atomic mass is 79.9. The summed E-state index contributed by atoms with van der Waals surface area (Å²) in [7, 11) is 0. The largest absolute Gasteiger partial charge is 0.478 e. The van der Waals surface area contributed by atoms with Gasteiger partial charge in [-0.2, -0.15) is 0 Å². The molecule has 0 bridgehead atoms. The van der Waals surface area contributed by atoms with Gasteiger partial charge in [-0.3, -0.25) is 4.79 Å². The molecular weight excluding hydrogens is 283 g/mol. The van der Waals surface area contributed by atoms with Gasteiger partial charge in [0.25, 0.3) is 0 Å². The number of hydrogen-bond acceptors (Lipinski definition) is 2. The Hall–Kier alpha value is -0.870. The highest BCUT2D eigenvalue weighted by Gasteiger charge is 2.10. The Bertz CT molecular complexity index is 404. The molecule has 0 amide bonds. The predicted octanol–water partition coefficient (Wildman–Crippen LogP) is 2.50. The second kappa shape index (κ2) is 5.28. The molecule has 0 unspecified atom stereocenters. The van der Waals surface area contributed by atoms with Crippen LogP contribution in [0.1, 0.15) is 15.9 Å². The zero-order valence-electron chi connectivity index (χ0n) is 7.67. The topological polar surface area (TPSA) is 54.4 Å². The summed E-state index contributed by atoms with van der Waals surface area (Å²) in [6, 6.07) is 4.78. The van der Waals surface area contributed by atoms with Crippen LogP contribution in [0.15, 0.2) is 22.7 Å². The first-order valence-corrected chi connectivity index (χ1v) is 5.46. The standard InChI is InChI=1S/C10H8BrClO3/c11-9-2-1-6(3-7(13)5-12)4-8(9)10(14)15/h1-2,4H,3,5H2,(H,14,15). The summed E-state index contributed by atoms with van der Waals surface area (Å²) in [5, 5.41) is 8.84. The van der Waals surface area contributed by atoms with E-state index in [0.717, 1.165) is 0 Å². The Balaban J connectivity index is 2.97. The van der Waals surface area contributed by atoms with E-state index in [9.17, 15) is 9.59 Å². The van der Waals surface area contributed by atoms with Gasteiger partial charge < -0.3 is 5.11 Å². The number of rotatable bonds is 4. The van der Waals surface area contributed by atoms with Crippen molar-refractivity contribution in [2.24, 2.45) is 0 Å². The van der Waals surface area contributed by atoms with E-state index in [1.807, 2.05) is 0 Å². The molecule has 0 radical (unpaired) electrons. The van der Waals surface area contributed by atoms with Crippen LogP contribution in [0.2, 0.25) is 0 Å². The van der Waals surface area contributed by atoms with Crippen molar-refractivity contribution >= 4 is 39.3 Å². The maximum atomic E-state index is 11.1. The zero-order valence-corrected chi connectivity index (χ0v) is 10.0. The molecule has 0 fully saturated rings. The average molecular weight is 292 g/mol. The van der Waals surface area contributed by atoms with E-state index in [0.29, 0.717) is 10.0 Å². The Kier molecular flexibility index (Phi) is 4.29. The van der Waals surface area contributed by atoms with Gasteiger partial charge in [-0.25, -0.2) is 4.79 Å². The summed E-state index contributed by atoms with van der Waals surface area (Å²) < 4.78 is 0.497. The van der Waals surface area contributed by atoms with Crippen molar-refractivity contribution in [3.63, 3.8) is 0 Å². The number of ketones is 1. The number of carboxylic acids is 1. The fourth-order valence-corrected chi connectivity index (χ4v) is 1.63. The Morgan fingerprint density at radius 2 is 2.07 bits per heavy atom. The van der Waals surface area contributed by atoms with Crippen LogP contribution >= 0.6 is 27.5 Å². The van der Waals surface area contributed by atoms with Crippen molar-refractivity contribution in [1.82, 2.24) is 0 Å². The van der Waals surface area contributed by atoms with Crippen molar-refractivity contribution in [3.8, 4) is 0 Å². The third-order valence-corrected chi connectivity index (χ3v) is 2.80. The minimum Gasteiger partial charge on any atom is -0.478 e. The van der Waals surface area contributed by atoms with Gasteiger partial charge in [0.2, 0.25) is 0 Å². The van der Waals surface area contributed by atoms with E-state index in [1.165, 1.54) is 6.07 Å². The van der Waals surface area contributed by atoms with Crippen LogP contribution in [0.3, 0.4) is 0 Å². The lowest BCUT2D eigenvalue weighted by molar-refractivity contribution is -0.116. The predicted molar refractivity (Wildman–Crippen MR) is 60.5 cm³/mol. The molecule has 0 saturated carbocycles. The fourth-order valence-electron chi connectivity index (χ4n) is 1.12. The van der Waals surface area contributed by atoms with E-state index in [-0.39, 0.29) is 23.6 Å². The summed E-state index contributed by atoms with van der Waals surface area (Å²) in [5.41, 5.74) is 0.802. The average Bonchev–Trinajstić information content (AvgIpc) is 2.20. The lowest BCUT2D eigenvalue weighted by atomic mass is 10.1. The van der Waals surface area contributed by atoms with Crippen LogP contribution in [0.25, 0.3) is 0 Å². The molecule has 1 aromatic carbocycles. The lowest BCUT2D eigenvalue weighted by Gasteiger charge is -2.03. The third-order valence-electron chi connectivity index (χ3n) is 1.81. The van der Waals surface area contributed by atoms with Gasteiger partial charge in [-0.15, -0.1) is 11.6 Å². The van der Waals surface area contributed by atoms with E-state index >= 15 is 0 Å². The van der Waals surface area contributed by atoms with Crippen molar-refractivity contribution in [1.29, 1.82) is 0 Å². The first-order chi connectivity index (χ1) is 7.04. The number of carboxylic acid groups (broad SMARTS) is 1. The van der Waals surface area contributed by atoms with Gasteiger partial charge in [0.1, 0.15) is 0 Å². The molecule has 1 aromatic rings. The molecular formula is C10H8BrClO3. The summed E-state index contributed by atoms with van der Waals surface area (Å²) in [6.07, 6.45) is 0.164. The number of Topliss-reactive ketones (excluding diaryl/α,β-unsaturated/α-hetero) is 1. The molecule has 3 nitrogen and oxygen atoms in total. The molecule has 0 aromatic heterocycles. The Labute approximate surface area is 100 Å². The third kappa shape index (κ3) is 3.32. The Morgan fingerprint density at radius 3 is 2.60 bits per heavy atom. The van der Waals surface area contributed by atoms with E-state index in [2.05, 4.69) is 15.9 Å². The number of carbonyl (C=O) groups is 2. The monoisotopic (exact) mass is 290 g/mol. The van der Waals surface area contributed by atoms with Gasteiger partial charge in [0.05, 0.1) is 11.4 Å². The van der Waals surface area contributed by atoms with Crippen LogP contribution in [0.4, 0.5) is 0 Å². The SMILES string of the molecule is O=C(CCl)Cc1ccc(Br)c(C(=O)O)c1. The number of aromatic carboxylic acids is 1. The number of carbonyl (C=O) groups excluding carboxylic acids is 1. The van der Waals surface area contributed by atoms with E-state index in [1.54, 1.807) is 12.1 Å². The van der Waals surface area contributed by atoms with Crippen molar-refractivity contribution in [2.45, 2.75) is 6.42 Å². The number of hydrogen-bond donors (Lipinski definition) is 1. The molecule has 0 aliphatic rings. The molecule has 0 aliphatic heterocycles. The lowest BCUT2D eigenvalue weighted by Crippen LogP contribution is -2.05. The molecule has 0 spiro atoms. The molecule has 0 atom stereocenters. The number of benzene rings is 1. The van der Waals surface area contributed by atoms with Gasteiger partial charge in [-0.05, 0) is 33.6 Å². The van der Waals surface area contributed by atoms with Crippen molar-refractivity contribution < 1.29 is 14.7 Å². The van der Waals surface area contributed by atoms with Crippen LogP contribution < -0.4 is 0 Å². The fraction of sp³-hybridized carbons (Fsp3) is 0.200. The quantitative estimate of drug-likeness (QED) is 0.867. The molecule has 1 N–H and O–H groups in total. The maximum Gasteiger partial charge on any atom is 0.336 e. The summed E-state index contributed by atoms with van der Waals surface area (Å²) in [4.78, 5) is 21.8. The van der Waals surface area contributed by atoms with Crippen molar-refractivity contribution in [3.05, 3.63) is 33.8 Å². The van der Waals surface area contributed by atoms with Crippen molar-refractivity contribution in [2.75, 3.05) is 5.88 Å². The summed E-state index contributed by atoms with van der Waals surface area (Å²) in [5.74, 6) is -1.21. The Morgan fingerprint density at radius 1 is 1.40 bits per heavy atom. The zero-order chi connectivity index (χ0) is 11.4. The van der Waals surface area contributed by atoms with Gasteiger partial charge >= 0.3 is 5.97 Å². The summed E-state index contributed by atoms with van der Waals surface area (Å²) in [6.45, 7) is 0. The molecule has 5 heteroatoms. The van der Waals surface area contributed by atoms with Crippen LogP contribution in [0, 0.1) is 0 Å². The second-order valence-corrected chi connectivity index (χ2v) is 4.09. The second-order valence-electron chi connectivity index (χ2n) is 2.97. The first kappa shape index (κ1) is 12.2. The van der Waals surface area contributed by atoms with Crippen LogP contribution in [-0.4, -0.2) is 22.7 Å². The highest BCUT2D eigenvalue weighted by molar-refractivity contribution is 9.10. The minimum absolute atomic E-state index is 0.0571. The maximum absolute atomic E-state index is 11.1. The molecule has 0 aliphatic carbocycles. The van der Waals surface area contributed by atoms with Gasteiger partial charge in [0, 0.05) is 10.9 Å². The number of halogens is 2. The minimum atomic E-state index is -1.03. The van der Waals surface area contributed by atoms with Crippen LogP contribution in [-0.2, 0) is 11.2 Å². The first-order valence-electron chi connectivity index (χ1n) is 4.14. The smallest absolute Gasteiger partial charge is 0.336 e. The molecule has 0 heterocycles. The molecule has 15 heavy (non-hydrogen) atoms. The van der Waals surface area contributed by atoms with Gasteiger partial charge in [0.15, 0.2) is 5.78 Å². The normalized spacial score (nSPS) is 10.0. The van der Waals surface area contributed by atoms with E-state index < -0.39 is 5.97 Å². The summed E-state index contributed by atoms with van der Waals surface area (Å²) >= 11 is 8.48.